The Morgan fingerprint density at radius 3 is 1.41 bits per heavy atom. The van der Waals surface area contributed by atoms with Crippen molar-refractivity contribution in [1.82, 2.24) is 4.90 Å². The molecule has 0 unspecified atom stereocenters. The van der Waals surface area contributed by atoms with Gasteiger partial charge in [-0.2, -0.15) is 4.90 Å². The van der Waals surface area contributed by atoms with E-state index in [1.54, 1.807) is 62.3 Å². The molecule has 0 fully saturated rings. The lowest BCUT2D eigenvalue weighted by Gasteiger charge is -2.35. The van der Waals surface area contributed by atoms with Gasteiger partial charge in [0, 0.05) is 5.92 Å². The van der Waals surface area contributed by atoms with Gasteiger partial charge in [0.2, 0.25) is 4.33 Å². The number of ether oxygens (including phenoxy) is 3. The van der Waals surface area contributed by atoms with Gasteiger partial charge in [-0.15, -0.1) is 0 Å². The summed E-state index contributed by atoms with van der Waals surface area (Å²) in [5.74, 6) is -3.61. The molecule has 1 N–H and O–H groups in total. The largest absolute Gasteiger partial charge is 0.479 e. The molecule has 0 radical (unpaired) electrons. The fraction of sp³-hybridized carbons (Fsp3) is 0.810. The van der Waals surface area contributed by atoms with Gasteiger partial charge in [0.15, 0.2) is 0 Å². The number of amides is 2. The van der Waals surface area contributed by atoms with Gasteiger partial charge in [-0.05, 0) is 68.7 Å². The van der Waals surface area contributed by atoms with Crippen LogP contribution < -0.4 is 0 Å². The predicted octanol–water partition coefficient (Wildman–Crippen LogP) is 5.15. The molecule has 0 aromatic rings. The van der Waals surface area contributed by atoms with Crippen LogP contribution in [0.1, 0.15) is 75.7 Å². The first-order chi connectivity index (χ1) is 14.0. The average molecular weight is 500 g/mol. The van der Waals surface area contributed by atoms with Gasteiger partial charge >= 0.3 is 24.1 Å². The summed E-state index contributed by atoms with van der Waals surface area (Å²) in [6.07, 6.45) is -2.76. The SMILES string of the molecule is C[C@@H](C[C@@H](C(=O)OC(C)(C)C)N(C(=O)OC(C)(C)C)C(=O)OC(C)(C)C)C(Cl)(Cl)C(=O)O. The topological polar surface area (TPSA) is 119 Å². The van der Waals surface area contributed by atoms with Crippen LogP contribution in [0.25, 0.3) is 0 Å². The maximum Gasteiger partial charge on any atom is 0.420 e. The zero-order valence-electron chi connectivity index (χ0n) is 20.4. The third kappa shape index (κ3) is 10.3. The number of alkyl halides is 2. The van der Waals surface area contributed by atoms with E-state index < -0.39 is 63.6 Å². The Morgan fingerprint density at radius 1 is 0.781 bits per heavy atom. The minimum Gasteiger partial charge on any atom is -0.479 e. The highest BCUT2D eigenvalue weighted by Gasteiger charge is 2.47. The molecular weight excluding hydrogens is 465 g/mol. The van der Waals surface area contributed by atoms with Crippen molar-refractivity contribution in [2.75, 3.05) is 0 Å². The maximum absolute atomic E-state index is 13.1. The van der Waals surface area contributed by atoms with Gasteiger partial charge in [-0.1, -0.05) is 30.1 Å². The van der Waals surface area contributed by atoms with Crippen LogP contribution in [0, 0.1) is 5.92 Å². The van der Waals surface area contributed by atoms with Crippen molar-refractivity contribution < 1.29 is 38.5 Å². The number of aliphatic carboxylic acids is 1. The van der Waals surface area contributed by atoms with E-state index in [0.717, 1.165) is 0 Å². The molecule has 0 saturated heterocycles. The van der Waals surface area contributed by atoms with Gasteiger partial charge in [0.05, 0.1) is 0 Å². The van der Waals surface area contributed by atoms with Crippen LogP contribution in [0.2, 0.25) is 0 Å². The smallest absolute Gasteiger partial charge is 0.420 e. The predicted molar refractivity (Wildman–Crippen MR) is 120 cm³/mol. The second-order valence-electron chi connectivity index (χ2n) is 10.4. The number of carbonyl (C=O) groups excluding carboxylic acids is 3. The van der Waals surface area contributed by atoms with Crippen molar-refractivity contribution in [1.29, 1.82) is 0 Å². The maximum atomic E-state index is 13.1. The van der Waals surface area contributed by atoms with E-state index in [1.165, 1.54) is 6.92 Å². The number of rotatable bonds is 6. The summed E-state index contributed by atoms with van der Waals surface area (Å²) in [6.45, 7) is 15.6. The average Bonchev–Trinajstić information content (AvgIpc) is 2.48. The molecular formula is C21H35Cl2NO8. The molecule has 0 heterocycles. The van der Waals surface area contributed by atoms with Crippen molar-refractivity contribution >= 4 is 47.3 Å². The van der Waals surface area contributed by atoms with E-state index >= 15 is 0 Å². The molecule has 11 heteroatoms. The molecule has 0 bridgehead atoms. The van der Waals surface area contributed by atoms with E-state index in [-0.39, 0.29) is 0 Å². The van der Waals surface area contributed by atoms with Gasteiger partial charge in [0.1, 0.15) is 22.8 Å². The summed E-state index contributed by atoms with van der Waals surface area (Å²) in [5.41, 5.74) is -2.99. The van der Waals surface area contributed by atoms with Crippen LogP contribution in [0.15, 0.2) is 0 Å². The third-order valence-electron chi connectivity index (χ3n) is 3.65. The zero-order valence-corrected chi connectivity index (χ0v) is 21.9. The molecule has 0 saturated carbocycles. The number of nitrogens with zero attached hydrogens (tertiary/aromatic N) is 1. The molecule has 0 aromatic heterocycles. The highest BCUT2D eigenvalue weighted by molar-refractivity contribution is 6.57. The van der Waals surface area contributed by atoms with Crippen LogP contribution >= 0.6 is 23.2 Å². The van der Waals surface area contributed by atoms with Crippen molar-refractivity contribution in [3.05, 3.63) is 0 Å². The van der Waals surface area contributed by atoms with Crippen LogP contribution in [0.5, 0.6) is 0 Å². The number of imide groups is 1. The monoisotopic (exact) mass is 499 g/mol. The van der Waals surface area contributed by atoms with Crippen LogP contribution in [0.3, 0.4) is 0 Å². The Kier molecular flexibility index (Phi) is 9.89. The molecule has 0 aliphatic carbocycles. The number of esters is 1. The van der Waals surface area contributed by atoms with E-state index in [4.69, 9.17) is 37.4 Å². The van der Waals surface area contributed by atoms with Gasteiger partial charge in [-0.3, -0.25) is 0 Å². The summed E-state index contributed by atoms with van der Waals surface area (Å²) in [4.78, 5) is 51.0. The minimum absolute atomic E-state index is 0.424. The van der Waals surface area contributed by atoms with E-state index in [0.29, 0.717) is 4.90 Å². The molecule has 2 atom stereocenters. The molecule has 0 spiro atoms. The quantitative estimate of drug-likeness (QED) is 0.302. The molecule has 32 heavy (non-hydrogen) atoms. The van der Waals surface area contributed by atoms with Crippen molar-refractivity contribution in [2.45, 2.75) is 103 Å². The fourth-order valence-corrected chi connectivity index (χ4v) is 2.50. The van der Waals surface area contributed by atoms with Crippen molar-refractivity contribution in [2.24, 2.45) is 5.92 Å². The molecule has 0 rings (SSSR count). The first kappa shape index (κ1) is 30.3. The minimum atomic E-state index is -2.30. The Balaban J connectivity index is 6.46. The number of carbonyl (C=O) groups is 4. The van der Waals surface area contributed by atoms with Crippen LogP contribution in [-0.2, 0) is 23.8 Å². The second kappa shape index (κ2) is 10.5. The lowest BCUT2D eigenvalue weighted by molar-refractivity contribution is -0.162. The third-order valence-corrected chi connectivity index (χ3v) is 4.72. The number of hydrogen-bond donors (Lipinski definition) is 1. The highest BCUT2D eigenvalue weighted by Crippen LogP contribution is 2.35. The first-order valence-corrected chi connectivity index (χ1v) is 10.8. The van der Waals surface area contributed by atoms with Gasteiger partial charge in [0.25, 0.3) is 0 Å². The second-order valence-corrected chi connectivity index (χ2v) is 11.8. The summed E-state index contributed by atoms with van der Waals surface area (Å²) in [5, 5.41) is 9.34. The van der Waals surface area contributed by atoms with E-state index in [2.05, 4.69) is 0 Å². The summed E-state index contributed by atoms with van der Waals surface area (Å²) in [6, 6.07) is -1.62. The van der Waals surface area contributed by atoms with E-state index in [9.17, 15) is 24.3 Å². The molecule has 0 aliphatic rings. The number of hydrogen-bond acceptors (Lipinski definition) is 7. The Hall–Kier alpha value is -1.74. The molecule has 0 aromatic carbocycles. The van der Waals surface area contributed by atoms with Crippen molar-refractivity contribution in [3.8, 4) is 0 Å². The Bertz CT molecular complexity index is 689. The highest BCUT2D eigenvalue weighted by atomic mass is 35.5. The Labute approximate surface area is 199 Å². The standard InChI is InChI=1S/C21H35Cl2NO8/c1-12(21(22,23)15(26)27)11-13(14(25)30-18(2,3)4)24(16(28)31-19(5,6)7)17(29)32-20(8,9)10/h12-13H,11H2,1-10H3,(H,26,27)/t12-,13-/m0/s1. The summed E-state index contributed by atoms with van der Waals surface area (Å²) >= 11 is 11.9. The number of carboxylic acid groups (broad SMARTS) is 1. The normalized spacial score (nSPS) is 14.8. The Morgan fingerprint density at radius 2 is 1.12 bits per heavy atom. The van der Waals surface area contributed by atoms with Crippen LogP contribution in [0.4, 0.5) is 9.59 Å². The first-order valence-electron chi connectivity index (χ1n) is 10.1. The molecule has 0 aliphatic heterocycles. The van der Waals surface area contributed by atoms with Crippen molar-refractivity contribution in [3.63, 3.8) is 0 Å². The lowest BCUT2D eigenvalue weighted by Crippen LogP contribution is -2.54. The molecule has 186 valence electrons. The van der Waals surface area contributed by atoms with Crippen LogP contribution in [-0.4, -0.2) is 61.3 Å². The lowest BCUT2D eigenvalue weighted by atomic mass is 9.96. The fourth-order valence-electron chi connectivity index (χ4n) is 2.32. The summed E-state index contributed by atoms with van der Waals surface area (Å²) in [7, 11) is 0. The number of carboxylic acids is 1. The zero-order chi connectivity index (χ0) is 25.9. The van der Waals surface area contributed by atoms with Gasteiger partial charge in [-0.25, -0.2) is 19.2 Å². The molecule has 9 nitrogen and oxygen atoms in total. The molecule has 2 amide bonds. The van der Waals surface area contributed by atoms with E-state index in [1.807, 2.05) is 0 Å². The van der Waals surface area contributed by atoms with Gasteiger partial charge < -0.3 is 19.3 Å². The number of halogens is 2. The summed E-state index contributed by atoms with van der Waals surface area (Å²) < 4.78 is 13.7.